The fourth-order valence-electron chi connectivity index (χ4n) is 5.03. The highest BCUT2D eigenvalue weighted by Crippen LogP contribution is 2.45. The van der Waals surface area contributed by atoms with Crippen LogP contribution in [0.25, 0.3) is 0 Å². The Balaban J connectivity index is 1.28. The molecule has 8 atom stereocenters. The summed E-state index contributed by atoms with van der Waals surface area (Å²) in [4.78, 5) is 23.0. The van der Waals surface area contributed by atoms with Gasteiger partial charge in [-0.1, -0.05) is 6.92 Å². The van der Waals surface area contributed by atoms with E-state index in [0.717, 1.165) is 25.7 Å². The van der Waals surface area contributed by atoms with Gasteiger partial charge in [-0.2, -0.15) is 11.0 Å². The Morgan fingerprint density at radius 1 is 1.12 bits per heavy atom. The molecular weight excluding hydrogens is 324 g/mol. The maximum absolute atomic E-state index is 12.3. The number of hydrogen-bond donors (Lipinski definition) is 5. The van der Waals surface area contributed by atoms with Crippen molar-refractivity contribution in [1.29, 1.82) is 0 Å². The predicted octanol–water partition coefficient (Wildman–Crippen LogP) is 0.0960. The van der Waals surface area contributed by atoms with Crippen LogP contribution in [-0.2, 0) is 14.5 Å². The van der Waals surface area contributed by atoms with Gasteiger partial charge in [0.05, 0.1) is 6.17 Å². The van der Waals surface area contributed by atoms with Gasteiger partial charge in [-0.15, -0.1) is 0 Å². The van der Waals surface area contributed by atoms with Gasteiger partial charge >= 0.3 is 0 Å². The molecule has 4 rings (SSSR count). The molecule has 0 bridgehead atoms. The van der Waals surface area contributed by atoms with Crippen LogP contribution in [0.15, 0.2) is 0 Å². The molecule has 7 unspecified atom stereocenters. The highest BCUT2D eigenvalue weighted by Gasteiger charge is 2.44. The number of carbonyl (C=O) groups is 1. The Kier molecular flexibility index (Phi) is 5.26. The zero-order chi connectivity index (χ0) is 17.4. The number of fused-ring (bicyclic) bond motifs is 1. The molecular formula is C17H30N4O4. The molecule has 2 aliphatic heterocycles. The van der Waals surface area contributed by atoms with Crippen LogP contribution in [0.4, 0.5) is 0 Å². The van der Waals surface area contributed by atoms with Crippen LogP contribution in [0.1, 0.15) is 51.9 Å². The molecule has 5 N–H and O–H groups in total. The van der Waals surface area contributed by atoms with Gasteiger partial charge in [0.15, 0.2) is 6.10 Å². The maximum Gasteiger partial charge on any atom is 0.251 e. The standard InChI is InChI=1S/C17H30N4O4/c1-2-15-19-16(21-25-15)10-3-5-11-9(7-10)4-6-12(11)18-17(23)13-8-14(22)20-24-13/h9-16,19-22H,2-8H2,1H3,(H,18,23)/t9?,10?,11?,12-,13?,14?,15?,16?/m1/s1. The summed E-state index contributed by atoms with van der Waals surface area (Å²) in [6.45, 7) is 2.12. The molecule has 0 aromatic carbocycles. The SMILES string of the molecule is CCC1NC(C2CCC3C(CC[C@H]3NC(=O)C3CC(O)NO3)C2)NO1. The number of hydroxylamine groups is 2. The molecule has 0 radical (unpaired) electrons. The molecule has 2 heterocycles. The summed E-state index contributed by atoms with van der Waals surface area (Å²) in [6.07, 6.45) is 5.99. The second kappa shape index (κ2) is 7.46. The van der Waals surface area contributed by atoms with Crippen molar-refractivity contribution in [3.8, 4) is 0 Å². The fourth-order valence-corrected chi connectivity index (χ4v) is 5.03. The van der Waals surface area contributed by atoms with Crippen LogP contribution in [0.3, 0.4) is 0 Å². The number of amides is 1. The first-order valence-electron chi connectivity index (χ1n) is 9.71. The normalized spacial score (nSPS) is 47.0. The van der Waals surface area contributed by atoms with E-state index in [1.165, 1.54) is 12.8 Å². The van der Waals surface area contributed by atoms with Gasteiger partial charge < -0.3 is 10.4 Å². The molecule has 2 saturated carbocycles. The number of rotatable bonds is 4. The number of aliphatic hydroxyl groups excluding tert-OH is 1. The Morgan fingerprint density at radius 3 is 2.68 bits per heavy atom. The molecule has 4 aliphatic rings. The topological polar surface area (TPSA) is 104 Å². The van der Waals surface area contributed by atoms with E-state index in [-0.39, 0.29) is 24.3 Å². The van der Waals surface area contributed by atoms with Crippen LogP contribution in [0.5, 0.6) is 0 Å². The molecule has 2 aliphatic carbocycles. The summed E-state index contributed by atoms with van der Waals surface area (Å²) in [5.74, 6) is 1.71. The van der Waals surface area contributed by atoms with Crippen LogP contribution < -0.4 is 21.6 Å². The summed E-state index contributed by atoms with van der Waals surface area (Å²) >= 11 is 0. The molecule has 2 saturated heterocycles. The average Bonchev–Trinajstić information content (AvgIpc) is 3.34. The summed E-state index contributed by atoms with van der Waals surface area (Å²) in [6, 6.07) is 0.240. The average molecular weight is 354 g/mol. The lowest BCUT2D eigenvalue weighted by Gasteiger charge is -2.36. The Bertz CT molecular complexity index is 493. The number of nitrogens with one attached hydrogen (secondary N) is 4. The third-order valence-electron chi connectivity index (χ3n) is 6.40. The first-order chi connectivity index (χ1) is 12.1. The van der Waals surface area contributed by atoms with E-state index in [1.807, 2.05) is 0 Å². The van der Waals surface area contributed by atoms with Gasteiger partial charge in [0.2, 0.25) is 0 Å². The molecule has 0 aromatic rings. The predicted molar refractivity (Wildman–Crippen MR) is 89.3 cm³/mol. The number of carbonyl (C=O) groups excluding carboxylic acids is 1. The zero-order valence-electron chi connectivity index (χ0n) is 14.7. The molecule has 8 nitrogen and oxygen atoms in total. The van der Waals surface area contributed by atoms with E-state index in [9.17, 15) is 9.90 Å². The Morgan fingerprint density at radius 2 is 1.96 bits per heavy atom. The lowest BCUT2D eigenvalue weighted by atomic mass is 9.74. The second-order valence-corrected chi connectivity index (χ2v) is 7.94. The molecule has 1 amide bonds. The lowest BCUT2D eigenvalue weighted by Crippen LogP contribution is -2.47. The van der Waals surface area contributed by atoms with Crippen molar-refractivity contribution in [2.45, 2.75) is 82.6 Å². The van der Waals surface area contributed by atoms with Gasteiger partial charge in [-0.05, 0) is 56.3 Å². The summed E-state index contributed by atoms with van der Waals surface area (Å²) in [5, 5.41) is 16.1. The molecule has 8 heteroatoms. The van der Waals surface area contributed by atoms with Gasteiger partial charge in [0.1, 0.15) is 12.5 Å². The fraction of sp³-hybridized carbons (Fsp3) is 0.941. The second-order valence-electron chi connectivity index (χ2n) is 7.94. The largest absolute Gasteiger partial charge is 0.376 e. The van der Waals surface area contributed by atoms with Crippen molar-refractivity contribution in [2.75, 3.05) is 0 Å². The van der Waals surface area contributed by atoms with Crippen molar-refractivity contribution in [2.24, 2.45) is 17.8 Å². The monoisotopic (exact) mass is 354 g/mol. The van der Waals surface area contributed by atoms with Gasteiger partial charge in [0, 0.05) is 12.5 Å². The van der Waals surface area contributed by atoms with Crippen LogP contribution in [-0.4, -0.2) is 41.8 Å². The van der Waals surface area contributed by atoms with E-state index in [1.54, 1.807) is 0 Å². The van der Waals surface area contributed by atoms with Crippen LogP contribution in [0, 0.1) is 17.8 Å². The van der Waals surface area contributed by atoms with Gasteiger partial charge in [0.25, 0.3) is 5.91 Å². The highest BCUT2D eigenvalue weighted by atomic mass is 16.7. The number of aliphatic hydroxyl groups is 1. The van der Waals surface area contributed by atoms with Crippen molar-refractivity contribution in [3.05, 3.63) is 0 Å². The minimum absolute atomic E-state index is 0.102. The van der Waals surface area contributed by atoms with E-state index in [4.69, 9.17) is 9.68 Å². The molecule has 25 heavy (non-hydrogen) atoms. The first-order valence-corrected chi connectivity index (χ1v) is 9.71. The maximum atomic E-state index is 12.3. The molecule has 142 valence electrons. The van der Waals surface area contributed by atoms with Crippen molar-refractivity contribution >= 4 is 5.91 Å². The van der Waals surface area contributed by atoms with E-state index >= 15 is 0 Å². The number of hydrogen-bond acceptors (Lipinski definition) is 7. The van der Waals surface area contributed by atoms with Crippen LogP contribution in [0.2, 0.25) is 0 Å². The summed E-state index contributed by atoms with van der Waals surface area (Å²) < 4.78 is 0. The van der Waals surface area contributed by atoms with Gasteiger partial charge in [-0.25, -0.2) is 0 Å². The van der Waals surface area contributed by atoms with Crippen molar-refractivity contribution in [3.63, 3.8) is 0 Å². The molecule has 0 aromatic heterocycles. The minimum atomic E-state index is -0.747. The molecule has 0 spiro atoms. The molecule has 4 fully saturated rings. The van der Waals surface area contributed by atoms with Crippen molar-refractivity contribution < 1.29 is 19.6 Å². The first kappa shape index (κ1) is 17.6. The zero-order valence-corrected chi connectivity index (χ0v) is 14.7. The minimum Gasteiger partial charge on any atom is -0.376 e. The lowest BCUT2D eigenvalue weighted by molar-refractivity contribution is -0.134. The third-order valence-corrected chi connectivity index (χ3v) is 6.40. The van der Waals surface area contributed by atoms with Crippen LogP contribution >= 0.6 is 0 Å². The van der Waals surface area contributed by atoms with E-state index < -0.39 is 12.3 Å². The summed E-state index contributed by atoms with van der Waals surface area (Å²) in [7, 11) is 0. The van der Waals surface area contributed by atoms with Gasteiger partial charge in [-0.3, -0.25) is 19.8 Å². The van der Waals surface area contributed by atoms with Crippen molar-refractivity contribution in [1.82, 2.24) is 21.6 Å². The summed E-state index contributed by atoms with van der Waals surface area (Å²) in [5.41, 5.74) is 5.61. The Hall–Kier alpha value is -0.770. The van der Waals surface area contributed by atoms with E-state index in [0.29, 0.717) is 24.2 Å². The quantitative estimate of drug-likeness (QED) is 0.488. The third kappa shape index (κ3) is 3.70. The smallest absolute Gasteiger partial charge is 0.251 e. The Labute approximate surface area is 148 Å². The van der Waals surface area contributed by atoms with E-state index in [2.05, 4.69) is 28.5 Å². The highest BCUT2D eigenvalue weighted by molar-refractivity contribution is 5.81.